The van der Waals surface area contributed by atoms with E-state index in [9.17, 15) is 4.79 Å². The summed E-state index contributed by atoms with van der Waals surface area (Å²) in [5, 5.41) is 7.94. The topological polar surface area (TPSA) is 86.3 Å². The molecule has 21 heavy (non-hydrogen) atoms. The standard InChI is InChI=1S/C14H17N5O2/c1-10-2-4-11(5-3-10)19-13(15)12(16-17-19)14(20)18-6-8-21-9-7-18/h2-5H,6-9,15H2,1H3. The third-order valence-electron chi connectivity index (χ3n) is 3.48. The molecule has 3 rings (SSSR count). The number of nitrogens with zero attached hydrogens (tertiary/aromatic N) is 4. The number of nitrogen functional groups attached to an aromatic ring is 1. The second-order valence-corrected chi connectivity index (χ2v) is 4.98. The number of rotatable bonds is 2. The molecule has 0 bridgehead atoms. The Hall–Kier alpha value is -2.41. The van der Waals surface area contributed by atoms with Crippen molar-refractivity contribution in [3.63, 3.8) is 0 Å². The number of benzene rings is 1. The van der Waals surface area contributed by atoms with Gasteiger partial charge >= 0.3 is 0 Å². The quantitative estimate of drug-likeness (QED) is 0.875. The number of ether oxygens (including phenoxy) is 1. The van der Waals surface area contributed by atoms with Gasteiger partial charge in [0.05, 0.1) is 18.9 Å². The van der Waals surface area contributed by atoms with E-state index in [0.717, 1.165) is 11.3 Å². The van der Waals surface area contributed by atoms with Gasteiger partial charge in [-0.1, -0.05) is 22.9 Å². The zero-order valence-corrected chi connectivity index (χ0v) is 11.8. The Labute approximate surface area is 122 Å². The predicted molar refractivity (Wildman–Crippen MR) is 77.2 cm³/mol. The van der Waals surface area contributed by atoms with E-state index in [0.29, 0.717) is 26.3 Å². The predicted octanol–water partition coefficient (Wildman–Crippen LogP) is 0.630. The first-order valence-electron chi connectivity index (χ1n) is 6.82. The highest BCUT2D eigenvalue weighted by molar-refractivity contribution is 5.96. The molecular formula is C14H17N5O2. The van der Waals surface area contributed by atoms with Gasteiger partial charge in [-0.05, 0) is 19.1 Å². The van der Waals surface area contributed by atoms with Crippen LogP contribution in [0.2, 0.25) is 0 Å². The Kier molecular flexibility index (Phi) is 3.57. The van der Waals surface area contributed by atoms with Crippen molar-refractivity contribution in [2.45, 2.75) is 6.92 Å². The summed E-state index contributed by atoms with van der Waals surface area (Å²) in [5.74, 6) is 0.0597. The minimum Gasteiger partial charge on any atom is -0.382 e. The van der Waals surface area contributed by atoms with Crippen LogP contribution in [0.15, 0.2) is 24.3 Å². The van der Waals surface area contributed by atoms with Crippen molar-refractivity contribution in [2.75, 3.05) is 32.0 Å². The summed E-state index contributed by atoms with van der Waals surface area (Å²) in [4.78, 5) is 14.1. The number of anilines is 1. The molecule has 1 aliphatic rings. The zero-order chi connectivity index (χ0) is 14.8. The molecule has 1 saturated heterocycles. The summed E-state index contributed by atoms with van der Waals surface area (Å²) >= 11 is 0. The first kappa shape index (κ1) is 13.6. The van der Waals surface area contributed by atoms with Crippen molar-refractivity contribution in [1.82, 2.24) is 19.9 Å². The zero-order valence-electron chi connectivity index (χ0n) is 11.8. The maximum atomic E-state index is 12.4. The van der Waals surface area contributed by atoms with E-state index < -0.39 is 0 Å². The van der Waals surface area contributed by atoms with E-state index in [2.05, 4.69) is 10.3 Å². The van der Waals surface area contributed by atoms with Crippen LogP contribution in [0.1, 0.15) is 16.1 Å². The Morgan fingerprint density at radius 2 is 1.90 bits per heavy atom. The molecule has 2 aromatic rings. The Bertz CT molecular complexity index is 644. The lowest BCUT2D eigenvalue weighted by Crippen LogP contribution is -2.41. The number of hydrogen-bond donors (Lipinski definition) is 1. The van der Waals surface area contributed by atoms with E-state index in [1.54, 1.807) is 4.90 Å². The molecule has 0 spiro atoms. The molecule has 1 amide bonds. The van der Waals surface area contributed by atoms with Gasteiger partial charge in [0, 0.05) is 13.1 Å². The van der Waals surface area contributed by atoms with Crippen molar-refractivity contribution >= 4 is 11.7 Å². The Morgan fingerprint density at radius 3 is 2.57 bits per heavy atom. The maximum Gasteiger partial charge on any atom is 0.278 e. The van der Waals surface area contributed by atoms with E-state index in [-0.39, 0.29) is 17.4 Å². The van der Waals surface area contributed by atoms with Crippen LogP contribution < -0.4 is 5.73 Å². The van der Waals surface area contributed by atoms with Crippen LogP contribution in [0.3, 0.4) is 0 Å². The van der Waals surface area contributed by atoms with E-state index in [4.69, 9.17) is 10.5 Å². The number of carbonyl (C=O) groups excluding carboxylic acids is 1. The number of amides is 1. The Balaban J connectivity index is 1.88. The second-order valence-electron chi connectivity index (χ2n) is 4.98. The summed E-state index contributed by atoms with van der Waals surface area (Å²) in [6, 6.07) is 7.70. The lowest BCUT2D eigenvalue weighted by molar-refractivity contribution is 0.0299. The Morgan fingerprint density at radius 1 is 1.24 bits per heavy atom. The summed E-state index contributed by atoms with van der Waals surface area (Å²) < 4.78 is 6.71. The van der Waals surface area contributed by atoms with Gasteiger partial charge in [0.2, 0.25) is 0 Å². The van der Waals surface area contributed by atoms with Gasteiger partial charge in [0.25, 0.3) is 5.91 Å². The number of hydrogen-bond acceptors (Lipinski definition) is 5. The molecule has 0 atom stereocenters. The largest absolute Gasteiger partial charge is 0.382 e. The molecule has 2 heterocycles. The fourth-order valence-corrected chi connectivity index (χ4v) is 2.23. The van der Waals surface area contributed by atoms with Gasteiger partial charge in [-0.25, -0.2) is 0 Å². The highest BCUT2D eigenvalue weighted by atomic mass is 16.5. The van der Waals surface area contributed by atoms with E-state index in [1.807, 2.05) is 31.2 Å². The molecule has 0 radical (unpaired) electrons. The monoisotopic (exact) mass is 287 g/mol. The van der Waals surface area contributed by atoms with Gasteiger partial charge in [-0.3, -0.25) is 4.79 Å². The molecule has 0 saturated carbocycles. The summed E-state index contributed by atoms with van der Waals surface area (Å²) in [5.41, 5.74) is 8.16. The molecule has 1 aromatic carbocycles. The molecule has 1 aromatic heterocycles. The van der Waals surface area contributed by atoms with Crippen molar-refractivity contribution in [1.29, 1.82) is 0 Å². The highest BCUT2D eigenvalue weighted by Gasteiger charge is 2.25. The lowest BCUT2D eigenvalue weighted by Gasteiger charge is -2.26. The minimum atomic E-state index is -0.200. The van der Waals surface area contributed by atoms with E-state index >= 15 is 0 Å². The van der Waals surface area contributed by atoms with Crippen LogP contribution in [0, 0.1) is 6.92 Å². The first-order valence-corrected chi connectivity index (χ1v) is 6.82. The van der Waals surface area contributed by atoms with Crippen LogP contribution >= 0.6 is 0 Å². The van der Waals surface area contributed by atoms with Crippen LogP contribution in [0.5, 0.6) is 0 Å². The van der Waals surface area contributed by atoms with Gasteiger partial charge in [-0.15, -0.1) is 5.10 Å². The van der Waals surface area contributed by atoms with E-state index in [1.165, 1.54) is 4.68 Å². The molecule has 2 N–H and O–H groups in total. The maximum absolute atomic E-state index is 12.4. The molecule has 0 unspecified atom stereocenters. The summed E-state index contributed by atoms with van der Waals surface area (Å²) in [6.45, 7) is 4.18. The van der Waals surface area contributed by atoms with Crippen molar-refractivity contribution in [3.8, 4) is 5.69 Å². The van der Waals surface area contributed by atoms with Crippen LogP contribution in [0.4, 0.5) is 5.82 Å². The molecule has 1 fully saturated rings. The lowest BCUT2D eigenvalue weighted by atomic mass is 10.2. The van der Waals surface area contributed by atoms with Gasteiger partial charge in [0.15, 0.2) is 11.5 Å². The van der Waals surface area contributed by atoms with Gasteiger partial charge in [-0.2, -0.15) is 4.68 Å². The third kappa shape index (κ3) is 2.59. The van der Waals surface area contributed by atoms with Crippen LogP contribution in [-0.2, 0) is 4.74 Å². The number of carbonyl (C=O) groups is 1. The number of nitrogens with two attached hydrogens (primary N) is 1. The molecule has 1 aliphatic heterocycles. The average Bonchev–Trinajstić information content (AvgIpc) is 2.90. The fraction of sp³-hybridized carbons (Fsp3) is 0.357. The first-order chi connectivity index (χ1) is 10.2. The van der Waals surface area contributed by atoms with Crippen molar-refractivity contribution in [2.24, 2.45) is 0 Å². The molecular weight excluding hydrogens is 270 g/mol. The smallest absolute Gasteiger partial charge is 0.278 e. The SMILES string of the molecule is Cc1ccc(-n2nnc(C(=O)N3CCOCC3)c2N)cc1. The summed E-state index contributed by atoms with van der Waals surface area (Å²) in [7, 11) is 0. The molecule has 0 aliphatic carbocycles. The number of aromatic nitrogens is 3. The molecule has 7 heteroatoms. The van der Waals surface area contributed by atoms with Crippen molar-refractivity contribution in [3.05, 3.63) is 35.5 Å². The average molecular weight is 287 g/mol. The van der Waals surface area contributed by atoms with Crippen LogP contribution in [-0.4, -0.2) is 52.1 Å². The fourth-order valence-electron chi connectivity index (χ4n) is 2.23. The number of morpholine rings is 1. The summed E-state index contributed by atoms with van der Waals surface area (Å²) in [6.07, 6.45) is 0. The highest BCUT2D eigenvalue weighted by Crippen LogP contribution is 2.17. The van der Waals surface area contributed by atoms with Crippen LogP contribution in [0.25, 0.3) is 5.69 Å². The minimum absolute atomic E-state index is 0.192. The molecule has 110 valence electrons. The second kappa shape index (κ2) is 5.53. The normalized spacial score (nSPS) is 15.2. The molecule has 7 nitrogen and oxygen atoms in total. The third-order valence-corrected chi connectivity index (χ3v) is 3.48. The van der Waals surface area contributed by atoms with Crippen molar-refractivity contribution < 1.29 is 9.53 Å². The van der Waals surface area contributed by atoms with Gasteiger partial charge < -0.3 is 15.4 Å². The van der Waals surface area contributed by atoms with Gasteiger partial charge in [0.1, 0.15) is 0 Å². The number of aryl methyl sites for hydroxylation is 1.